The molecule has 0 bridgehead atoms. The van der Waals surface area contributed by atoms with Crippen molar-refractivity contribution in [1.29, 1.82) is 0 Å². The molecule has 1 aromatic rings. The van der Waals surface area contributed by atoms with Crippen LogP contribution in [0.5, 0.6) is 0 Å². The van der Waals surface area contributed by atoms with Crippen LogP contribution < -0.4 is 5.32 Å². The summed E-state index contributed by atoms with van der Waals surface area (Å²) in [6, 6.07) is 5.42. The van der Waals surface area contributed by atoms with Crippen LogP contribution in [0.4, 0.5) is 5.69 Å². The van der Waals surface area contributed by atoms with Crippen LogP contribution in [0.25, 0.3) is 0 Å². The van der Waals surface area contributed by atoms with Gasteiger partial charge in [-0.05, 0) is 40.8 Å². The summed E-state index contributed by atoms with van der Waals surface area (Å²) in [5.74, 6) is 0. The number of carbonyl (C=O) groups is 1. The zero-order valence-corrected chi connectivity index (χ0v) is 8.39. The molecule has 0 radical (unpaired) electrons. The van der Waals surface area contributed by atoms with Crippen molar-refractivity contribution < 1.29 is 4.79 Å². The van der Waals surface area contributed by atoms with Crippen LogP contribution in [0, 0.1) is 3.57 Å². The lowest BCUT2D eigenvalue weighted by Gasteiger charge is -2.00. The molecule has 0 atom stereocenters. The first-order chi connectivity index (χ1) is 5.24. The van der Waals surface area contributed by atoms with E-state index in [2.05, 4.69) is 27.9 Å². The van der Waals surface area contributed by atoms with Crippen molar-refractivity contribution in [3.05, 3.63) is 26.8 Å². The van der Waals surface area contributed by atoms with Crippen LogP contribution in [-0.2, 0) is 4.79 Å². The Hall–Kier alpha value is -0.290. The topological polar surface area (TPSA) is 29.1 Å². The van der Waals surface area contributed by atoms with Gasteiger partial charge in [0.05, 0.1) is 10.7 Å². The average molecular weight is 281 g/mol. The van der Waals surface area contributed by atoms with Crippen molar-refractivity contribution in [2.75, 3.05) is 5.32 Å². The first-order valence-electron chi connectivity index (χ1n) is 2.89. The molecule has 0 aliphatic heterocycles. The molecule has 2 nitrogen and oxygen atoms in total. The van der Waals surface area contributed by atoms with E-state index < -0.39 is 0 Å². The van der Waals surface area contributed by atoms with E-state index in [9.17, 15) is 4.79 Å². The second-order valence-corrected chi connectivity index (χ2v) is 3.54. The van der Waals surface area contributed by atoms with Crippen molar-refractivity contribution in [2.24, 2.45) is 0 Å². The molecule has 11 heavy (non-hydrogen) atoms. The Bertz CT molecular complexity index is 277. The van der Waals surface area contributed by atoms with Gasteiger partial charge in [-0.2, -0.15) is 0 Å². The van der Waals surface area contributed by atoms with Gasteiger partial charge < -0.3 is 5.32 Å². The third-order valence-corrected chi connectivity index (χ3v) is 2.13. The molecule has 0 spiro atoms. The predicted molar refractivity (Wildman–Crippen MR) is 53.9 cm³/mol. The van der Waals surface area contributed by atoms with E-state index in [0.717, 1.165) is 3.57 Å². The van der Waals surface area contributed by atoms with Crippen LogP contribution >= 0.6 is 34.2 Å². The van der Waals surface area contributed by atoms with Crippen LogP contribution in [0.15, 0.2) is 18.2 Å². The zero-order chi connectivity index (χ0) is 8.27. The summed E-state index contributed by atoms with van der Waals surface area (Å²) in [7, 11) is 0. The van der Waals surface area contributed by atoms with E-state index in [-0.39, 0.29) is 0 Å². The largest absolute Gasteiger partial charge is 0.327 e. The number of hydrogen-bond donors (Lipinski definition) is 1. The number of hydrogen-bond acceptors (Lipinski definition) is 1. The highest BCUT2D eigenvalue weighted by atomic mass is 127. The molecule has 0 aliphatic rings. The minimum atomic E-state index is 0.559. The van der Waals surface area contributed by atoms with Crippen LogP contribution in [0.3, 0.4) is 0 Å². The number of halogens is 2. The van der Waals surface area contributed by atoms with Gasteiger partial charge in [0.25, 0.3) is 0 Å². The van der Waals surface area contributed by atoms with Crippen LogP contribution in [0.1, 0.15) is 0 Å². The van der Waals surface area contributed by atoms with Gasteiger partial charge in [-0.25, -0.2) is 0 Å². The van der Waals surface area contributed by atoms with E-state index in [0.29, 0.717) is 17.1 Å². The van der Waals surface area contributed by atoms with E-state index in [4.69, 9.17) is 11.6 Å². The van der Waals surface area contributed by atoms with Gasteiger partial charge in [-0.3, -0.25) is 4.79 Å². The van der Waals surface area contributed by atoms with Crippen molar-refractivity contribution in [3.8, 4) is 0 Å². The van der Waals surface area contributed by atoms with Crippen molar-refractivity contribution in [3.63, 3.8) is 0 Å². The van der Waals surface area contributed by atoms with Crippen LogP contribution in [0.2, 0.25) is 5.02 Å². The van der Waals surface area contributed by atoms with Gasteiger partial charge in [-0.1, -0.05) is 11.6 Å². The SMILES string of the molecule is O=CNc1ccc(I)cc1Cl. The molecule has 0 unspecified atom stereocenters. The Kier molecular flexibility index (Phi) is 3.14. The molecule has 1 aromatic carbocycles. The van der Waals surface area contributed by atoms with Gasteiger partial charge in [0.15, 0.2) is 0 Å². The molecule has 1 rings (SSSR count). The second kappa shape index (κ2) is 3.92. The van der Waals surface area contributed by atoms with Crippen molar-refractivity contribution >= 4 is 46.3 Å². The summed E-state index contributed by atoms with van der Waals surface area (Å²) in [6.07, 6.45) is 0.605. The molecule has 0 aliphatic carbocycles. The molecule has 0 aromatic heterocycles. The third-order valence-electron chi connectivity index (χ3n) is 1.15. The monoisotopic (exact) mass is 281 g/mol. The van der Waals surface area contributed by atoms with Gasteiger partial charge in [0, 0.05) is 3.57 Å². The number of carbonyl (C=O) groups excluding carboxylic acids is 1. The molecular formula is C7H5ClINO. The Labute approximate surface area is 83.1 Å². The number of amides is 1. The molecular weight excluding hydrogens is 276 g/mol. The summed E-state index contributed by atoms with van der Waals surface area (Å²) in [6.45, 7) is 0. The minimum absolute atomic E-state index is 0.559. The van der Waals surface area contributed by atoms with Crippen molar-refractivity contribution in [2.45, 2.75) is 0 Å². The number of nitrogens with one attached hydrogen (secondary N) is 1. The molecule has 0 fully saturated rings. The lowest BCUT2D eigenvalue weighted by atomic mass is 10.3. The highest BCUT2D eigenvalue weighted by molar-refractivity contribution is 14.1. The minimum Gasteiger partial charge on any atom is -0.327 e. The van der Waals surface area contributed by atoms with Gasteiger partial charge in [-0.15, -0.1) is 0 Å². The van der Waals surface area contributed by atoms with E-state index in [1.165, 1.54) is 0 Å². The number of rotatable bonds is 2. The highest BCUT2D eigenvalue weighted by Gasteiger charge is 1.97. The molecule has 4 heteroatoms. The van der Waals surface area contributed by atoms with E-state index in [1.807, 2.05) is 6.07 Å². The van der Waals surface area contributed by atoms with Gasteiger partial charge >= 0.3 is 0 Å². The fourth-order valence-corrected chi connectivity index (χ4v) is 1.58. The highest BCUT2D eigenvalue weighted by Crippen LogP contribution is 2.22. The normalized spacial score (nSPS) is 9.27. The number of benzene rings is 1. The first kappa shape index (κ1) is 8.80. The lowest BCUT2D eigenvalue weighted by molar-refractivity contribution is -0.105. The van der Waals surface area contributed by atoms with Gasteiger partial charge in [0.1, 0.15) is 0 Å². The van der Waals surface area contributed by atoms with Gasteiger partial charge in [0.2, 0.25) is 6.41 Å². The lowest BCUT2D eigenvalue weighted by Crippen LogP contribution is -1.94. The summed E-state index contributed by atoms with van der Waals surface area (Å²) in [5, 5.41) is 3.05. The summed E-state index contributed by atoms with van der Waals surface area (Å²) >= 11 is 7.93. The molecule has 0 heterocycles. The molecule has 1 N–H and O–H groups in total. The molecule has 58 valence electrons. The summed E-state index contributed by atoms with van der Waals surface area (Å²) in [4.78, 5) is 10.0. The Morgan fingerprint density at radius 3 is 2.82 bits per heavy atom. The van der Waals surface area contributed by atoms with Crippen LogP contribution in [-0.4, -0.2) is 6.41 Å². The zero-order valence-electron chi connectivity index (χ0n) is 5.47. The van der Waals surface area contributed by atoms with E-state index >= 15 is 0 Å². The fourth-order valence-electron chi connectivity index (χ4n) is 0.670. The Balaban J connectivity index is 2.98. The summed E-state index contributed by atoms with van der Waals surface area (Å²) in [5.41, 5.74) is 0.641. The standard InChI is InChI=1S/C7H5ClINO/c8-6-3-5(9)1-2-7(6)10-4-11/h1-4H,(H,10,11). The Morgan fingerprint density at radius 1 is 1.55 bits per heavy atom. The second-order valence-electron chi connectivity index (χ2n) is 1.89. The number of anilines is 1. The fraction of sp³-hybridized carbons (Fsp3) is 0. The Morgan fingerprint density at radius 2 is 2.27 bits per heavy atom. The van der Waals surface area contributed by atoms with E-state index in [1.54, 1.807) is 12.1 Å². The molecule has 0 saturated carbocycles. The molecule has 0 saturated heterocycles. The maximum Gasteiger partial charge on any atom is 0.211 e. The smallest absolute Gasteiger partial charge is 0.211 e. The first-order valence-corrected chi connectivity index (χ1v) is 4.35. The quantitative estimate of drug-likeness (QED) is 0.655. The molecule has 1 amide bonds. The maximum atomic E-state index is 10.0. The average Bonchev–Trinajstić information content (AvgIpc) is 1.95. The maximum absolute atomic E-state index is 10.0. The van der Waals surface area contributed by atoms with Crippen molar-refractivity contribution in [1.82, 2.24) is 0 Å². The summed E-state index contributed by atoms with van der Waals surface area (Å²) < 4.78 is 1.05. The third kappa shape index (κ3) is 2.34. The predicted octanol–water partition coefficient (Wildman–Crippen LogP) is 2.51.